The Morgan fingerprint density at radius 1 is 1.35 bits per heavy atom. The fourth-order valence-corrected chi connectivity index (χ4v) is 1.61. The molecule has 0 radical (unpaired) electrons. The number of aromatic nitrogens is 3. The predicted molar refractivity (Wildman–Crippen MR) is 58.6 cm³/mol. The average molecular weight is 303 g/mol. The van der Waals surface area contributed by atoms with Crippen LogP contribution in [0.25, 0.3) is 0 Å². The van der Waals surface area contributed by atoms with Gasteiger partial charge >= 0.3 is 11.9 Å². The van der Waals surface area contributed by atoms with Gasteiger partial charge in [0, 0.05) is 0 Å². The van der Waals surface area contributed by atoms with Crippen LogP contribution < -0.4 is 0 Å². The zero-order chi connectivity index (χ0) is 13.4. The van der Waals surface area contributed by atoms with Crippen LogP contribution in [0.2, 0.25) is 0 Å². The Bertz CT molecular complexity index is 467. The van der Waals surface area contributed by atoms with Gasteiger partial charge in [-0.05, 0) is 6.92 Å². The summed E-state index contributed by atoms with van der Waals surface area (Å²) in [5, 5.41) is 24.3. The number of hydrogen-bond acceptors (Lipinski definition) is 4. The first kappa shape index (κ1) is 14.0. The third kappa shape index (κ3) is 2.80. The highest BCUT2D eigenvalue weighted by molar-refractivity contribution is 6.66. The lowest BCUT2D eigenvalue weighted by atomic mass is 10.3. The van der Waals surface area contributed by atoms with E-state index in [1.807, 2.05) is 0 Å². The van der Waals surface area contributed by atoms with Gasteiger partial charge in [0.25, 0.3) is 0 Å². The van der Waals surface area contributed by atoms with Crippen LogP contribution in [-0.2, 0) is 8.59 Å². The molecule has 0 bridgehead atoms. The second-order valence-corrected chi connectivity index (χ2v) is 5.33. The molecular formula is C7H6Cl3N3O4. The zero-order valence-electron chi connectivity index (χ0n) is 8.26. The molecule has 1 aromatic rings. The maximum atomic E-state index is 10.8. The molecule has 0 saturated heterocycles. The third-order valence-corrected chi connectivity index (χ3v) is 2.43. The van der Waals surface area contributed by atoms with Gasteiger partial charge in [0.1, 0.15) is 11.7 Å². The van der Waals surface area contributed by atoms with E-state index in [9.17, 15) is 9.59 Å². The number of aliphatic carboxylic acids is 1. The molecule has 0 spiro atoms. The summed E-state index contributed by atoms with van der Waals surface area (Å²) in [6.07, 6.45) is 0. The van der Waals surface area contributed by atoms with Crippen molar-refractivity contribution in [3.8, 4) is 0 Å². The maximum absolute atomic E-state index is 10.8. The number of hydrogen-bond donors (Lipinski definition) is 2. The standard InChI is InChI=1S/C7H6Cl3N3O4/c1-2(5(14)15)13-4(7(8,9)10)3(6(16)17)11-12-13/h2H,1H3,(H,14,15)(H,16,17). The first-order chi connectivity index (χ1) is 7.66. The van der Waals surface area contributed by atoms with Gasteiger partial charge in [-0.3, -0.25) is 0 Å². The van der Waals surface area contributed by atoms with Gasteiger partial charge in [-0.1, -0.05) is 40.0 Å². The van der Waals surface area contributed by atoms with Crippen LogP contribution in [0, 0.1) is 0 Å². The molecule has 2 N–H and O–H groups in total. The minimum atomic E-state index is -2.14. The molecule has 0 aliphatic heterocycles. The van der Waals surface area contributed by atoms with Crippen molar-refractivity contribution in [1.29, 1.82) is 0 Å². The largest absolute Gasteiger partial charge is 0.480 e. The molecule has 7 nitrogen and oxygen atoms in total. The van der Waals surface area contributed by atoms with E-state index >= 15 is 0 Å². The smallest absolute Gasteiger partial charge is 0.358 e. The van der Waals surface area contributed by atoms with Crippen LogP contribution >= 0.6 is 34.8 Å². The summed E-state index contributed by atoms with van der Waals surface area (Å²) in [6.45, 7) is 1.25. The summed E-state index contributed by atoms with van der Waals surface area (Å²) in [5.74, 6) is -2.72. The fourth-order valence-electron chi connectivity index (χ4n) is 1.08. The topological polar surface area (TPSA) is 105 Å². The molecule has 10 heteroatoms. The van der Waals surface area contributed by atoms with Crippen LogP contribution in [0.4, 0.5) is 0 Å². The van der Waals surface area contributed by atoms with E-state index in [1.54, 1.807) is 0 Å². The number of nitrogens with zero attached hydrogens (tertiary/aromatic N) is 3. The number of halogens is 3. The molecule has 0 aliphatic carbocycles. The molecule has 1 unspecified atom stereocenters. The van der Waals surface area contributed by atoms with Crippen molar-refractivity contribution in [2.45, 2.75) is 16.8 Å². The summed E-state index contributed by atoms with van der Waals surface area (Å²) in [4.78, 5) is 21.6. The lowest BCUT2D eigenvalue weighted by molar-refractivity contribution is -0.140. The number of carboxylic acid groups (broad SMARTS) is 2. The fraction of sp³-hybridized carbons (Fsp3) is 0.429. The second kappa shape index (κ2) is 4.67. The van der Waals surface area contributed by atoms with Gasteiger partial charge < -0.3 is 10.2 Å². The predicted octanol–water partition coefficient (Wildman–Crippen LogP) is 1.45. The summed E-state index contributed by atoms with van der Waals surface area (Å²) in [6, 6.07) is -1.21. The average Bonchev–Trinajstić information content (AvgIpc) is 2.59. The molecule has 1 atom stereocenters. The molecule has 0 saturated carbocycles. The monoisotopic (exact) mass is 301 g/mol. The van der Waals surface area contributed by atoms with Crippen molar-refractivity contribution in [3.05, 3.63) is 11.4 Å². The molecule has 94 valence electrons. The second-order valence-electron chi connectivity index (χ2n) is 3.05. The van der Waals surface area contributed by atoms with E-state index in [4.69, 9.17) is 45.0 Å². The van der Waals surface area contributed by atoms with Crippen molar-refractivity contribution in [1.82, 2.24) is 15.0 Å². The van der Waals surface area contributed by atoms with Crippen molar-refractivity contribution >= 4 is 46.7 Å². The molecule has 1 heterocycles. The summed E-state index contributed by atoms with van der Waals surface area (Å²) >= 11 is 16.7. The highest BCUT2D eigenvalue weighted by Crippen LogP contribution is 2.40. The van der Waals surface area contributed by atoms with Gasteiger partial charge in [0.15, 0.2) is 5.69 Å². The van der Waals surface area contributed by atoms with Crippen LogP contribution in [0.3, 0.4) is 0 Å². The molecule has 0 fully saturated rings. The number of rotatable bonds is 3. The Balaban J connectivity index is 3.43. The van der Waals surface area contributed by atoms with Gasteiger partial charge in [-0.2, -0.15) is 0 Å². The van der Waals surface area contributed by atoms with Crippen molar-refractivity contribution in [3.63, 3.8) is 0 Å². The highest BCUT2D eigenvalue weighted by Gasteiger charge is 2.37. The van der Waals surface area contributed by atoms with Crippen LogP contribution in [0.15, 0.2) is 0 Å². The van der Waals surface area contributed by atoms with E-state index < -0.39 is 33.2 Å². The number of carbonyl (C=O) groups is 2. The van der Waals surface area contributed by atoms with Crippen LogP contribution in [0.5, 0.6) is 0 Å². The lowest BCUT2D eigenvalue weighted by Gasteiger charge is -2.16. The minimum Gasteiger partial charge on any atom is -0.480 e. The van der Waals surface area contributed by atoms with E-state index in [-0.39, 0.29) is 0 Å². The Morgan fingerprint density at radius 2 is 1.88 bits per heavy atom. The molecule has 0 aliphatic rings. The van der Waals surface area contributed by atoms with Crippen molar-refractivity contribution in [2.24, 2.45) is 0 Å². The normalized spacial score (nSPS) is 13.4. The van der Waals surface area contributed by atoms with Crippen LogP contribution in [0.1, 0.15) is 29.1 Å². The minimum absolute atomic E-state index is 0.398. The Kier molecular flexibility index (Phi) is 3.85. The quantitative estimate of drug-likeness (QED) is 0.819. The third-order valence-electron chi connectivity index (χ3n) is 1.89. The zero-order valence-corrected chi connectivity index (χ0v) is 10.5. The van der Waals surface area contributed by atoms with E-state index in [0.717, 1.165) is 4.68 Å². The Labute approximate surface area is 110 Å². The van der Waals surface area contributed by atoms with E-state index in [0.29, 0.717) is 0 Å². The van der Waals surface area contributed by atoms with Crippen molar-refractivity contribution in [2.75, 3.05) is 0 Å². The van der Waals surface area contributed by atoms with Gasteiger partial charge in [0.2, 0.25) is 3.79 Å². The summed E-state index contributed by atoms with van der Waals surface area (Å²) in [7, 11) is 0. The molecule has 1 rings (SSSR count). The van der Waals surface area contributed by atoms with E-state index in [1.165, 1.54) is 6.92 Å². The van der Waals surface area contributed by atoms with Gasteiger partial charge in [0.05, 0.1) is 0 Å². The van der Waals surface area contributed by atoms with Gasteiger partial charge in [-0.25, -0.2) is 14.3 Å². The molecule has 0 aromatic carbocycles. The maximum Gasteiger partial charge on any atom is 0.358 e. The SMILES string of the molecule is CC(C(=O)O)n1nnc(C(=O)O)c1C(Cl)(Cl)Cl. The van der Waals surface area contributed by atoms with Crippen molar-refractivity contribution < 1.29 is 19.8 Å². The molecule has 17 heavy (non-hydrogen) atoms. The molecular weight excluding hydrogens is 296 g/mol. The van der Waals surface area contributed by atoms with Gasteiger partial charge in [-0.15, -0.1) is 5.10 Å². The first-order valence-electron chi connectivity index (χ1n) is 4.14. The Morgan fingerprint density at radius 3 is 2.24 bits per heavy atom. The lowest BCUT2D eigenvalue weighted by Crippen LogP contribution is -2.23. The first-order valence-corrected chi connectivity index (χ1v) is 5.28. The summed E-state index contributed by atoms with van der Waals surface area (Å²) in [5.41, 5.74) is -0.997. The summed E-state index contributed by atoms with van der Waals surface area (Å²) < 4.78 is -1.39. The number of alkyl halides is 3. The number of carboxylic acids is 2. The van der Waals surface area contributed by atoms with E-state index in [2.05, 4.69) is 10.3 Å². The Hall–Kier alpha value is -1.05. The molecule has 0 amide bonds. The number of aromatic carboxylic acids is 1. The molecule has 1 aromatic heterocycles. The van der Waals surface area contributed by atoms with Crippen LogP contribution in [-0.4, -0.2) is 37.1 Å². The highest BCUT2D eigenvalue weighted by atomic mass is 35.6.